The Bertz CT molecular complexity index is 3710. The van der Waals surface area contributed by atoms with E-state index in [1.54, 1.807) is 42.7 Å². The second-order valence-corrected chi connectivity index (χ2v) is 37.3. The maximum atomic E-state index is 15.0. The van der Waals surface area contributed by atoms with E-state index in [1.807, 2.05) is 18.2 Å². The van der Waals surface area contributed by atoms with Crippen LogP contribution in [-0.2, 0) is 0 Å². The SMILES string of the molecule is CCCCCCCCOc1cc(N/C=C\C(=O)c2ccc(OCCCCCCCC)c(OCCCCCCCC)c2OCCCCCCCC)c(NC(=O)c2cnc(C(=O)Nc3cc(OCCCCCCCC)c(OCCCCCCCC)cc3N/C=C\C(=O)c3ccc(OCCCCCCCC)c(OCCCCCCCC)c3OCCCCCCCC)nc2)cc1OCCCCCCCC. The summed E-state index contributed by atoms with van der Waals surface area (Å²) in [6.45, 7) is 26.7. The van der Waals surface area contributed by atoms with Gasteiger partial charge in [-0.3, -0.25) is 19.2 Å². The summed E-state index contributed by atoms with van der Waals surface area (Å²) in [5.74, 6) is 2.57. The number of nitrogens with zero attached hydrogens (tertiary/aromatic N) is 2. The van der Waals surface area contributed by atoms with Crippen LogP contribution < -0.4 is 68.6 Å². The fourth-order valence-electron chi connectivity index (χ4n) is 16.4. The molecule has 20 nitrogen and oxygen atoms in total. The monoisotopic (exact) mass is 1890 g/mol. The number of hydrogen-bond donors (Lipinski definition) is 4. The lowest BCUT2D eigenvalue weighted by Gasteiger charge is -2.20. The molecule has 1 heterocycles. The van der Waals surface area contributed by atoms with Gasteiger partial charge in [-0.1, -0.05) is 390 Å². The van der Waals surface area contributed by atoms with Crippen molar-refractivity contribution in [2.24, 2.45) is 0 Å². The van der Waals surface area contributed by atoms with Gasteiger partial charge in [-0.25, -0.2) is 9.97 Å². The number of anilines is 4. The van der Waals surface area contributed by atoms with E-state index in [0.717, 1.165) is 250 Å². The molecule has 0 saturated heterocycles. The minimum absolute atomic E-state index is 0.0609. The van der Waals surface area contributed by atoms with E-state index in [4.69, 9.17) is 47.4 Å². The number of carbonyl (C=O) groups is 4. The van der Waals surface area contributed by atoms with Crippen LogP contribution in [0.4, 0.5) is 22.7 Å². The molecule has 0 bridgehead atoms. The van der Waals surface area contributed by atoms with Crippen LogP contribution in [0.2, 0.25) is 0 Å². The van der Waals surface area contributed by atoms with E-state index in [1.165, 1.54) is 159 Å². The molecule has 5 aromatic rings. The highest BCUT2D eigenvalue weighted by atomic mass is 16.6. The number of carbonyl (C=O) groups excluding carboxylic acids is 4. The number of ketones is 2. The molecular formula is C116H188N6O14. The van der Waals surface area contributed by atoms with Gasteiger partial charge in [0.05, 0.1) is 106 Å². The van der Waals surface area contributed by atoms with Gasteiger partial charge in [0.1, 0.15) is 0 Å². The quantitative estimate of drug-likeness (QED) is 0.0161. The highest BCUT2D eigenvalue weighted by Crippen LogP contribution is 2.45. The Kier molecular flexibility index (Phi) is 69.4. The Balaban J connectivity index is 1.60. The highest BCUT2D eigenvalue weighted by molar-refractivity contribution is 6.10. The van der Waals surface area contributed by atoms with Crippen LogP contribution in [0.3, 0.4) is 0 Å². The number of hydrogen-bond acceptors (Lipinski definition) is 18. The zero-order chi connectivity index (χ0) is 97.4. The molecule has 5 rings (SSSR count). The number of aromatic nitrogens is 2. The standard InChI is InChI=1S/C116H188N6O14/c1-11-21-31-41-51-61-79-127-104-73-71-96(110(133-85-67-57-47-37-27-17-7)112(104)135-87-69-59-49-39-29-19-9)102(123)75-77-117-98-89-106(129-81-63-53-43-33-23-13-3)108(131-83-65-55-45-35-25-15-5)91-100(98)121-115(125)95-93-119-114(120-94-95)116(126)122-101-92-109(132-84-66-56-46-36-26-16-6)107(130-82-64-54-44-34-24-14-4)90-99(101)118-78-76-103(124)97-72-74-105(128-80-62-52-42-32-22-12-2)113(136-88-70-60-50-40-30-20-10)111(97)134-86-68-58-48-38-28-18-8/h71-78,89-94,117-118H,11-70,79-88H2,1-10H3,(H,121,125)(H,122,126)/b77-75-,78-76-. The van der Waals surface area contributed by atoms with Gasteiger partial charge in [-0.2, -0.15) is 0 Å². The number of ether oxygens (including phenoxy) is 10. The third kappa shape index (κ3) is 51.8. The Hall–Kier alpha value is -8.68. The van der Waals surface area contributed by atoms with Gasteiger partial charge in [0.2, 0.25) is 17.3 Å². The molecule has 766 valence electrons. The van der Waals surface area contributed by atoms with Crippen molar-refractivity contribution in [3.05, 3.63) is 108 Å². The predicted molar refractivity (Wildman–Crippen MR) is 567 cm³/mol. The summed E-state index contributed by atoms with van der Waals surface area (Å²) >= 11 is 0. The topological polar surface area (TPSA) is 234 Å². The van der Waals surface area contributed by atoms with Crippen LogP contribution in [-0.4, -0.2) is 99.4 Å². The highest BCUT2D eigenvalue weighted by Gasteiger charge is 2.27. The van der Waals surface area contributed by atoms with Gasteiger partial charge in [0.15, 0.2) is 57.6 Å². The summed E-state index contributed by atoms with van der Waals surface area (Å²) in [5, 5.41) is 13.0. The second kappa shape index (κ2) is 80.2. The summed E-state index contributed by atoms with van der Waals surface area (Å²) < 4.78 is 66.6. The van der Waals surface area contributed by atoms with Crippen molar-refractivity contribution in [3.8, 4) is 57.5 Å². The number of rotatable bonds is 92. The summed E-state index contributed by atoms with van der Waals surface area (Å²) in [7, 11) is 0. The molecule has 0 atom stereocenters. The first-order valence-electron chi connectivity index (χ1n) is 55.3. The Morgan fingerprint density at radius 2 is 0.441 bits per heavy atom. The van der Waals surface area contributed by atoms with E-state index >= 15 is 9.59 Å². The Morgan fingerprint density at radius 1 is 0.235 bits per heavy atom. The number of amides is 2. The normalized spacial score (nSPS) is 11.4. The molecule has 0 fully saturated rings. The number of benzene rings is 4. The van der Waals surface area contributed by atoms with Crippen molar-refractivity contribution in [1.82, 2.24) is 9.97 Å². The predicted octanol–water partition coefficient (Wildman–Crippen LogP) is 34.0. The van der Waals surface area contributed by atoms with E-state index in [2.05, 4.69) is 100 Å². The maximum Gasteiger partial charge on any atom is 0.293 e. The number of nitrogens with one attached hydrogen (secondary N) is 4. The van der Waals surface area contributed by atoms with Crippen molar-refractivity contribution >= 4 is 46.1 Å². The molecule has 0 aliphatic rings. The maximum absolute atomic E-state index is 15.0. The molecule has 0 unspecified atom stereocenters. The minimum Gasteiger partial charge on any atom is -0.490 e. The largest absolute Gasteiger partial charge is 0.490 e. The molecule has 0 aliphatic carbocycles. The fraction of sp³-hybridized carbons (Fsp3) is 0.690. The molecule has 0 aliphatic heterocycles. The molecule has 0 saturated carbocycles. The van der Waals surface area contributed by atoms with Gasteiger partial charge >= 0.3 is 0 Å². The third-order valence-electron chi connectivity index (χ3n) is 24.9. The lowest BCUT2D eigenvalue weighted by atomic mass is 10.1. The van der Waals surface area contributed by atoms with Gasteiger partial charge in [0, 0.05) is 61.2 Å². The average molecular weight is 1890 g/mol. The van der Waals surface area contributed by atoms with Crippen molar-refractivity contribution in [1.29, 1.82) is 0 Å². The molecule has 0 spiro atoms. The molecule has 4 aromatic carbocycles. The van der Waals surface area contributed by atoms with E-state index in [-0.39, 0.29) is 23.0 Å². The van der Waals surface area contributed by atoms with E-state index in [0.29, 0.717) is 157 Å². The summed E-state index contributed by atoms with van der Waals surface area (Å²) in [6.07, 6.45) is 74.1. The molecule has 20 heteroatoms. The van der Waals surface area contributed by atoms with Crippen LogP contribution in [0.5, 0.6) is 57.5 Å². The van der Waals surface area contributed by atoms with Crippen LogP contribution in [0.25, 0.3) is 0 Å². The number of unbranched alkanes of at least 4 members (excludes halogenated alkanes) is 50. The second-order valence-electron chi connectivity index (χ2n) is 37.3. The third-order valence-corrected chi connectivity index (χ3v) is 24.9. The van der Waals surface area contributed by atoms with Crippen molar-refractivity contribution in [3.63, 3.8) is 0 Å². The number of allylic oxidation sites excluding steroid dienone is 2. The first kappa shape index (κ1) is 118. The van der Waals surface area contributed by atoms with Gasteiger partial charge in [-0.05, 0) is 88.5 Å². The first-order valence-corrected chi connectivity index (χ1v) is 55.3. The zero-order valence-electron chi connectivity index (χ0n) is 87.2. The smallest absolute Gasteiger partial charge is 0.293 e. The Labute approximate surface area is 825 Å². The van der Waals surface area contributed by atoms with Crippen LogP contribution in [0, 0.1) is 0 Å². The van der Waals surface area contributed by atoms with Gasteiger partial charge in [0.25, 0.3) is 11.8 Å². The molecule has 2 amide bonds. The first-order chi connectivity index (χ1) is 66.9. The molecule has 4 N–H and O–H groups in total. The van der Waals surface area contributed by atoms with Crippen LogP contribution >= 0.6 is 0 Å². The van der Waals surface area contributed by atoms with Gasteiger partial charge in [-0.15, -0.1) is 0 Å². The lowest BCUT2D eigenvalue weighted by molar-refractivity contribution is 0.100. The fourth-order valence-corrected chi connectivity index (χ4v) is 16.4. The van der Waals surface area contributed by atoms with E-state index in [9.17, 15) is 9.59 Å². The summed E-state index contributed by atoms with van der Waals surface area (Å²) in [4.78, 5) is 69.1. The summed E-state index contributed by atoms with van der Waals surface area (Å²) in [5.41, 5.74) is 2.21. The Morgan fingerprint density at radius 3 is 0.691 bits per heavy atom. The van der Waals surface area contributed by atoms with Crippen molar-refractivity contribution in [2.75, 3.05) is 87.3 Å². The molecule has 0 radical (unpaired) electrons. The van der Waals surface area contributed by atoms with E-state index < -0.39 is 11.8 Å². The minimum atomic E-state index is -0.671. The lowest BCUT2D eigenvalue weighted by Crippen LogP contribution is -2.19. The van der Waals surface area contributed by atoms with Gasteiger partial charge < -0.3 is 68.6 Å². The van der Waals surface area contributed by atoms with Crippen LogP contribution in [0.1, 0.15) is 496 Å². The molecule has 136 heavy (non-hydrogen) atoms. The molecular weight excluding hydrogens is 1700 g/mol. The average Bonchev–Trinajstić information content (AvgIpc) is 0.811. The van der Waals surface area contributed by atoms with Crippen LogP contribution in [0.15, 0.2) is 85.5 Å². The molecule has 1 aromatic heterocycles. The van der Waals surface area contributed by atoms with Crippen molar-refractivity contribution < 1.29 is 66.5 Å². The van der Waals surface area contributed by atoms with Crippen molar-refractivity contribution in [2.45, 2.75) is 454 Å². The zero-order valence-corrected chi connectivity index (χ0v) is 87.2. The summed E-state index contributed by atoms with van der Waals surface area (Å²) in [6, 6.07) is 14.4.